The van der Waals surface area contributed by atoms with Crippen LogP contribution < -0.4 is 5.32 Å². The number of rotatable bonds is 4. The lowest BCUT2D eigenvalue weighted by atomic mass is 10.1. The number of nitrogens with zero attached hydrogens (tertiary/aromatic N) is 3. The van der Waals surface area contributed by atoms with Gasteiger partial charge in [-0.2, -0.15) is 0 Å². The van der Waals surface area contributed by atoms with Crippen LogP contribution in [-0.2, 0) is 0 Å². The van der Waals surface area contributed by atoms with Crippen molar-refractivity contribution in [1.82, 2.24) is 19.8 Å². The zero-order valence-corrected chi connectivity index (χ0v) is 11.0. The summed E-state index contributed by atoms with van der Waals surface area (Å²) in [6.07, 6.45) is 8.77. The van der Waals surface area contributed by atoms with E-state index >= 15 is 0 Å². The quantitative estimate of drug-likeness (QED) is 0.882. The SMILES string of the molecule is CC(CNC(=O)n1ccnc1)CN1CCCCC1. The van der Waals surface area contributed by atoms with E-state index in [0.717, 1.165) is 6.54 Å². The molecule has 2 rings (SSSR count). The molecule has 0 bridgehead atoms. The number of hydrogen-bond acceptors (Lipinski definition) is 3. The lowest BCUT2D eigenvalue weighted by Gasteiger charge is -2.29. The number of carbonyl (C=O) groups is 1. The Labute approximate surface area is 108 Å². The van der Waals surface area contributed by atoms with Crippen LogP contribution in [0.4, 0.5) is 4.79 Å². The lowest BCUT2D eigenvalue weighted by Crippen LogP contribution is -2.38. The van der Waals surface area contributed by atoms with E-state index in [9.17, 15) is 4.79 Å². The van der Waals surface area contributed by atoms with Gasteiger partial charge in [0.2, 0.25) is 0 Å². The maximum Gasteiger partial charge on any atom is 0.326 e. The van der Waals surface area contributed by atoms with E-state index in [1.54, 1.807) is 12.4 Å². The Morgan fingerprint density at radius 1 is 1.39 bits per heavy atom. The topological polar surface area (TPSA) is 50.2 Å². The van der Waals surface area contributed by atoms with Crippen molar-refractivity contribution in [2.45, 2.75) is 26.2 Å². The molecule has 1 atom stereocenters. The van der Waals surface area contributed by atoms with Gasteiger partial charge in [-0.3, -0.25) is 4.57 Å². The third kappa shape index (κ3) is 3.84. The molecule has 1 aliphatic rings. The van der Waals surface area contributed by atoms with E-state index in [0.29, 0.717) is 12.5 Å². The fourth-order valence-electron chi connectivity index (χ4n) is 2.38. The Bertz CT molecular complexity index is 357. The van der Waals surface area contributed by atoms with E-state index in [1.165, 1.54) is 43.2 Å². The Balaban J connectivity index is 1.68. The summed E-state index contributed by atoms with van der Waals surface area (Å²) in [4.78, 5) is 18.1. The molecule has 1 aliphatic heterocycles. The number of hydrogen-bond donors (Lipinski definition) is 1. The molecule has 1 amide bonds. The summed E-state index contributed by atoms with van der Waals surface area (Å²) in [6, 6.07) is -0.0991. The first-order valence-electron chi connectivity index (χ1n) is 6.74. The molecule has 1 aromatic heterocycles. The van der Waals surface area contributed by atoms with Gasteiger partial charge in [0.1, 0.15) is 6.33 Å². The molecule has 5 heteroatoms. The van der Waals surface area contributed by atoms with E-state index in [1.807, 2.05) is 0 Å². The average Bonchev–Trinajstić information content (AvgIpc) is 2.91. The van der Waals surface area contributed by atoms with Crippen molar-refractivity contribution >= 4 is 6.03 Å². The Morgan fingerprint density at radius 3 is 2.83 bits per heavy atom. The Morgan fingerprint density at radius 2 is 2.17 bits per heavy atom. The van der Waals surface area contributed by atoms with E-state index in [2.05, 4.69) is 22.1 Å². The molecule has 100 valence electrons. The molecule has 18 heavy (non-hydrogen) atoms. The number of carbonyl (C=O) groups excluding carboxylic acids is 1. The van der Waals surface area contributed by atoms with Crippen LogP contribution in [0.1, 0.15) is 26.2 Å². The number of piperidine rings is 1. The molecule has 1 aromatic rings. The minimum Gasteiger partial charge on any atom is -0.337 e. The second kappa shape index (κ2) is 6.54. The summed E-state index contributed by atoms with van der Waals surface area (Å²) < 4.78 is 1.47. The van der Waals surface area contributed by atoms with Gasteiger partial charge in [-0.25, -0.2) is 9.78 Å². The normalized spacial score (nSPS) is 18.5. The highest BCUT2D eigenvalue weighted by molar-refractivity contribution is 5.76. The van der Waals surface area contributed by atoms with Crippen LogP contribution in [0.15, 0.2) is 18.7 Å². The van der Waals surface area contributed by atoms with Crippen LogP contribution in [0.5, 0.6) is 0 Å². The van der Waals surface area contributed by atoms with Crippen LogP contribution in [0, 0.1) is 5.92 Å². The van der Waals surface area contributed by atoms with Crippen molar-refractivity contribution in [1.29, 1.82) is 0 Å². The Kier molecular flexibility index (Phi) is 4.75. The third-order valence-corrected chi connectivity index (χ3v) is 3.36. The minimum atomic E-state index is -0.0991. The molecule has 0 spiro atoms. The highest BCUT2D eigenvalue weighted by Gasteiger charge is 2.14. The number of nitrogens with one attached hydrogen (secondary N) is 1. The van der Waals surface area contributed by atoms with Gasteiger partial charge in [-0.15, -0.1) is 0 Å². The molecule has 1 fully saturated rings. The maximum atomic E-state index is 11.7. The highest BCUT2D eigenvalue weighted by atomic mass is 16.2. The monoisotopic (exact) mass is 250 g/mol. The fraction of sp³-hybridized carbons (Fsp3) is 0.692. The summed E-state index contributed by atoms with van der Waals surface area (Å²) in [5.41, 5.74) is 0. The van der Waals surface area contributed by atoms with Gasteiger partial charge >= 0.3 is 6.03 Å². The van der Waals surface area contributed by atoms with Gasteiger partial charge < -0.3 is 10.2 Å². The van der Waals surface area contributed by atoms with Gasteiger partial charge in [0.05, 0.1) is 0 Å². The van der Waals surface area contributed by atoms with Crippen molar-refractivity contribution in [3.8, 4) is 0 Å². The molecule has 1 N–H and O–H groups in total. The maximum absolute atomic E-state index is 11.7. The van der Waals surface area contributed by atoms with Crippen molar-refractivity contribution in [2.24, 2.45) is 5.92 Å². The molecule has 5 nitrogen and oxygen atoms in total. The zero-order valence-electron chi connectivity index (χ0n) is 11.0. The predicted octanol–water partition coefficient (Wildman–Crippen LogP) is 1.56. The van der Waals surface area contributed by atoms with E-state index in [4.69, 9.17) is 0 Å². The van der Waals surface area contributed by atoms with Crippen molar-refractivity contribution in [3.05, 3.63) is 18.7 Å². The molecule has 1 unspecified atom stereocenters. The van der Waals surface area contributed by atoms with E-state index in [-0.39, 0.29) is 6.03 Å². The number of likely N-dealkylation sites (tertiary alicyclic amines) is 1. The second-order valence-corrected chi connectivity index (χ2v) is 5.12. The average molecular weight is 250 g/mol. The predicted molar refractivity (Wildman–Crippen MR) is 70.5 cm³/mol. The van der Waals surface area contributed by atoms with Crippen LogP contribution in [0.25, 0.3) is 0 Å². The summed E-state index contributed by atoms with van der Waals surface area (Å²) >= 11 is 0. The van der Waals surface area contributed by atoms with Crippen LogP contribution in [-0.4, -0.2) is 46.7 Å². The van der Waals surface area contributed by atoms with Gasteiger partial charge in [0.25, 0.3) is 0 Å². The zero-order chi connectivity index (χ0) is 12.8. The summed E-state index contributed by atoms with van der Waals surface area (Å²) in [5.74, 6) is 0.482. The number of amides is 1. The standard InChI is InChI=1S/C13H22N4O/c1-12(10-16-6-3-2-4-7-16)9-15-13(18)17-8-5-14-11-17/h5,8,11-12H,2-4,6-7,9-10H2,1H3,(H,15,18). The van der Waals surface area contributed by atoms with Crippen molar-refractivity contribution in [2.75, 3.05) is 26.2 Å². The molecule has 0 aliphatic carbocycles. The highest BCUT2D eigenvalue weighted by Crippen LogP contribution is 2.10. The fourth-order valence-corrected chi connectivity index (χ4v) is 2.38. The largest absolute Gasteiger partial charge is 0.337 e. The first-order chi connectivity index (χ1) is 8.75. The van der Waals surface area contributed by atoms with Gasteiger partial charge in [-0.1, -0.05) is 13.3 Å². The van der Waals surface area contributed by atoms with Gasteiger partial charge in [0, 0.05) is 25.5 Å². The molecule has 0 radical (unpaired) electrons. The van der Waals surface area contributed by atoms with Gasteiger partial charge in [-0.05, 0) is 31.8 Å². The lowest BCUT2D eigenvalue weighted by molar-refractivity contribution is 0.197. The first kappa shape index (κ1) is 13.1. The van der Waals surface area contributed by atoms with Crippen molar-refractivity contribution in [3.63, 3.8) is 0 Å². The molecule has 0 saturated carbocycles. The molecule has 1 saturated heterocycles. The number of imidazole rings is 1. The van der Waals surface area contributed by atoms with Crippen LogP contribution in [0.3, 0.4) is 0 Å². The van der Waals surface area contributed by atoms with Crippen LogP contribution in [0.2, 0.25) is 0 Å². The van der Waals surface area contributed by atoms with Crippen molar-refractivity contribution < 1.29 is 4.79 Å². The second-order valence-electron chi connectivity index (χ2n) is 5.12. The van der Waals surface area contributed by atoms with Gasteiger partial charge in [0.15, 0.2) is 0 Å². The first-order valence-corrected chi connectivity index (χ1v) is 6.74. The number of aromatic nitrogens is 2. The smallest absolute Gasteiger partial charge is 0.326 e. The summed E-state index contributed by atoms with van der Waals surface area (Å²) in [6.45, 7) is 6.39. The molecule has 2 heterocycles. The third-order valence-electron chi connectivity index (χ3n) is 3.36. The summed E-state index contributed by atoms with van der Waals surface area (Å²) in [7, 11) is 0. The Hall–Kier alpha value is -1.36. The molecule has 0 aromatic carbocycles. The van der Waals surface area contributed by atoms with Crippen LogP contribution >= 0.6 is 0 Å². The summed E-state index contributed by atoms with van der Waals surface area (Å²) in [5, 5.41) is 2.93. The minimum absolute atomic E-state index is 0.0991. The molecular formula is C13H22N4O. The molecular weight excluding hydrogens is 228 g/mol. The van der Waals surface area contributed by atoms with E-state index < -0.39 is 0 Å².